The summed E-state index contributed by atoms with van der Waals surface area (Å²) in [7, 11) is 0. The Balaban J connectivity index is 1.39. The SMILES string of the molecule is CCNC(CCC1COc2c(Cl)cccc2O1)N1C(=O)CC2(CCCC2)CC1=O. The van der Waals surface area contributed by atoms with E-state index in [2.05, 4.69) is 5.32 Å². The second kappa shape index (κ2) is 8.52. The summed E-state index contributed by atoms with van der Waals surface area (Å²) in [5.74, 6) is 1.15. The van der Waals surface area contributed by atoms with Crippen LogP contribution in [0.25, 0.3) is 0 Å². The third-order valence-electron chi connectivity index (χ3n) is 6.41. The number of nitrogens with zero attached hydrogens (tertiary/aromatic N) is 1. The maximum Gasteiger partial charge on any atom is 0.231 e. The molecule has 29 heavy (non-hydrogen) atoms. The molecule has 1 aromatic rings. The minimum atomic E-state index is -0.303. The molecular formula is C22H29ClN2O4. The second-order valence-electron chi connectivity index (χ2n) is 8.49. The Morgan fingerprint density at radius 3 is 2.66 bits per heavy atom. The number of likely N-dealkylation sites (tertiary alicyclic amines) is 1. The highest BCUT2D eigenvalue weighted by molar-refractivity contribution is 6.32. The summed E-state index contributed by atoms with van der Waals surface area (Å²) in [5, 5.41) is 3.87. The Hall–Kier alpha value is -1.79. The molecule has 0 aromatic heterocycles. The van der Waals surface area contributed by atoms with Gasteiger partial charge in [0.15, 0.2) is 11.5 Å². The Bertz CT molecular complexity index is 758. The Labute approximate surface area is 176 Å². The summed E-state index contributed by atoms with van der Waals surface area (Å²) >= 11 is 6.15. The number of carbonyl (C=O) groups is 2. The highest BCUT2D eigenvalue weighted by Gasteiger charge is 2.46. The molecule has 2 heterocycles. The number of benzene rings is 1. The topological polar surface area (TPSA) is 67.9 Å². The maximum absolute atomic E-state index is 12.9. The second-order valence-corrected chi connectivity index (χ2v) is 8.89. The van der Waals surface area contributed by atoms with Gasteiger partial charge < -0.3 is 9.47 Å². The van der Waals surface area contributed by atoms with Gasteiger partial charge >= 0.3 is 0 Å². The number of nitrogens with one attached hydrogen (secondary N) is 1. The van der Waals surface area contributed by atoms with Gasteiger partial charge in [0.05, 0.1) is 11.2 Å². The van der Waals surface area contributed by atoms with Crippen molar-refractivity contribution in [3.8, 4) is 11.5 Å². The third kappa shape index (κ3) is 4.24. The number of ether oxygens (including phenoxy) is 2. The first-order chi connectivity index (χ1) is 14.0. The first-order valence-corrected chi connectivity index (χ1v) is 11.1. The molecule has 7 heteroatoms. The smallest absolute Gasteiger partial charge is 0.231 e. The number of hydrogen-bond donors (Lipinski definition) is 1. The van der Waals surface area contributed by atoms with Gasteiger partial charge in [-0.2, -0.15) is 0 Å². The lowest BCUT2D eigenvalue weighted by atomic mass is 9.76. The van der Waals surface area contributed by atoms with Crippen molar-refractivity contribution >= 4 is 23.4 Å². The fourth-order valence-electron chi connectivity index (χ4n) is 5.00. The van der Waals surface area contributed by atoms with Crippen LogP contribution in [0.3, 0.4) is 0 Å². The van der Waals surface area contributed by atoms with Crippen LogP contribution in [0.1, 0.15) is 58.3 Å². The van der Waals surface area contributed by atoms with E-state index in [9.17, 15) is 9.59 Å². The molecule has 1 N–H and O–H groups in total. The summed E-state index contributed by atoms with van der Waals surface area (Å²) in [6, 6.07) is 5.45. The molecule has 158 valence electrons. The number of amides is 2. The van der Waals surface area contributed by atoms with Crippen molar-refractivity contribution in [3.05, 3.63) is 23.2 Å². The normalized spacial score (nSPS) is 24.2. The molecule has 1 saturated heterocycles. The van der Waals surface area contributed by atoms with Gasteiger partial charge in [0.25, 0.3) is 0 Å². The van der Waals surface area contributed by atoms with Crippen LogP contribution in [0.5, 0.6) is 11.5 Å². The molecule has 3 aliphatic rings. The van der Waals surface area contributed by atoms with Crippen molar-refractivity contribution in [2.24, 2.45) is 5.41 Å². The van der Waals surface area contributed by atoms with Crippen molar-refractivity contribution < 1.29 is 19.1 Å². The molecule has 2 aliphatic heterocycles. The van der Waals surface area contributed by atoms with Crippen molar-refractivity contribution in [2.45, 2.75) is 70.6 Å². The van der Waals surface area contributed by atoms with Crippen molar-refractivity contribution in [2.75, 3.05) is 13.2 Å². The van der Waals surface area contributed by atoms with E-state index in [1.54, 1.807) is 6.07 Å². The molecule has 0 radical (unpaired) electrons. The highest BCUT2D eigenvalue weighted by atomic mass is 35.5. The van der Waals surface area contributed by atoms with E-state index in [0.717, 1.165) is 25.7 Å². The van der Waals surface area contributed by atoms with E-state index in [0.29, 0.717) is 55.4 Å². The Morgan fingerprint density at radius 1 is 1.24 bits per heavy atom. The summed E-state index contributed by atoms with van der Waals surface area (Å²) in [6.45, 7) is 3.08. The zero-order chi connectivity index (χ0) is 20.4. The maximum atomic E-state index is 12.9. The molecule has 0 bridgehead atoms. The number of carbonyl (C=O) groups excluding carboxylic acids is 2. The van der Waals surface area contributed by atoms with Crippen molar-refractivity contribution in [1.82, 2.24) is 10.2 Å². The zero-order valence-electron chi connectivity index (χ0n) is 16.9. The standard InChI is InChI=1S/C22H29ClN2O4/c1-2-24-18(25-19(26)12-22(13-20(25)27)10-3-4-11-22)9-8-15-14-28-21-16(23)6-5-7-17(21)29-15/h5-7,15,18,24H,2-4,8-14H2,1H3. The van der Waals surface area contributed by atoms with Crippen molar-refractivity contribution in [1.29, 1.82) is 0 Å². The van der Waals surface area contributed by atoms with Crippen LogP contribution < -0.4 is 14.8 Å². The summed E-state index contributed by atoms with van der Waals surface area (Å²) in [4.78, 5) is 27.3. The highest BCUT2D eigenvalue weighted by Crippen LogP contribution is 2.47. The lowest BCUT2D eigenvalue weighted by molar-refractivity contribution is -0.157. The monoisotopic (exact) mass is 420 g/mol. The fourth-order valence-corrected chi connectivity index (χ4v) is 5.22. The number of imide groups is 1. The van der Waals surface area contributed by atoms with Gasteiger partial charge in [-0.05, 0) is 49.8 Å². The van der Waals surface area contributed by atoms with E-state index < -0.39 is 0 Å². The molecule has 1 aliphatic carbocycles. The fraction of sp³-hybridized carbons (Fsp3) is 0.636. The lowest BCUT2D eigenvalue weighted by Crippen LogP contribution is -2.56. The first kappa shape index (κ1) is 20.5. The third-order valence-corrected chi connectivity index (χ3v) is 6.70. The van der Waals surface area contributed by atoms with E-state index in [1.807, 2.05) is 19.1 Å². The average Bonchev–Trinajstić information content (AvgIpc) is 3.12. The van der Waals surface area contributed by atoms with Crippen LogP contribution in [-0.2, 0) is 9.59 Å². The van der Waals surface area contributed by atoms with E-state index >= 15 is 0 Å². The zero-order valence-corrected chi connectivity index (χ0v) is 17.7. The molecule has 1 aromatic carbocycles. The van der Waals surface area contributed by atoms with Gasteiger partial charge in [-0.25, -0.2) is 0 Å². The lowest BCUT2D eigenvalue weighted by Gasteiger charge is -2.41. The summed E-state index contributed by atoms with van der Waals surface area (Å²) in [5.41, 5.74) is -0.0786. The quantitative estimate of drug-likeness (QED) is 0.707. The van der Waals surface area contributed by atoms with Crippen LogP contribution in [0.2, 0.25) is 5.02 Å². The van der Waals surface area contributed by atoms with Crippen LogP contribution in [0.4, 0.5) is 0 Å². The molecule has 2 atom stereocenters. The van der Waals surface area contributed by atoms with Gasteiger partial charge in [0.1, 0.15) is 12.7 Å². The van der Waals surface area contributed by atoms with Crippen LogP contribution in [0, 0.1) is 5.41 Å². The number of hydrogen-bond acceptors (Lipinski definition) is 5. The van der Waals surface area contributed by atoms with E-state index in [4.69, 9.17) is 21.1 Å². The molecule has 4 rings (SSSR count). The number of piperidine rings is 1. The Morgan fingerprint density at radius 2 is 1.97 bits per heavy atom. The van der Waals surface area contributed by atoms with Gasteiger partial charge in [-0.15, -0.1) is 0 Å². The largest absolute Gasteiger partial charge is 0.484 e. The van der Waals surface area contributed by atoms with Crippen molar-refractivity contribution in [3.63, 3.8) is 0 Å². The molecule has 1 spiro atoms. The van der Waals surface area contributed by atoms with Gasteiger partial charge in [-0.3, -0.25) is 19.8 Å². The van der Waals surface area contributed by atoms with Crippen LogP contribution >= 0.6 is 11.6 Å². The Kier molecular flexibility index (Phi) is 6.02. The predicted octanol–water partition coefficient (Wildman–Crippen LogP) is 3.91. The molecule has 6 nitrogen and oxygen atoms in total. The number of para-hydroxylation sites is 1. The molecule has 2 fully saturated rings. The number of halogens is 1. The summed E-state index contributed by atoms with van der Waals surface area (Å²) < 4.78 is 11.8. The van der Waals surface area contributed by atoms with Gasteiger partial charge in [0, 0.05) is 12.8 Å². The van der Waals surface area contributed by atoms with Crippen LogP contribution in [0.15, 0.2) is 18.2 Å². The van der Waals surface area contributed by atoms with Crippen LogP contribution in [-0.4, -0.2) is 42.1 Å². The minimum absolute atomic E-state index is 0.0351. The minimum Gasteiger partial charge on any atom is -0.484 e. The molecule has 1 saturated carbocycles. The van der Waals surface area contributed by atoms with E-state index in [-0.39, 0.29) is 29.5 Å². The van der Waals surface area contributed by atoms with Gasteiger partial charge in [-0.1, -0.05) is 37.4 Å². The average molecular weight is 421 g/mol. The number of fused-ring (bicyclic) bond motifs is 1. The summed E-state index contributed by atoms with van der Waals surface area (Å²) in [6.07, 6.45) is 6.10. The first-order valence-electron chi connectivity index (χ1n) is 10.7. The number of rotatable bonds is 6. The predicted molar refractivity (Wildman–Crippen MR) is 110 cm³/mol. The molecule has 2 amide bonds. The van der Waals surface area contributed by atoms with E-state index in [1.165, 1.54) is 4.90 Å². The molecule has 2 unspecified atom stereocenters. The van der Waals surface area contributed by atoms with Gasteiger partial charge in [0.2, 0.25) is 11.8 Å². The molecular weight excluding hydrogens is 392 g/mol.